The predicted octanol–water partition coefficient (Wildman–Crippen LogP) is 0.0609. The van der Waals surface area contributed by atoms with Gasteiger partial charge >= 0.3 is 0 Å². The first kappa shape index (κ1) is 15.4. The number of aromatic nitrogens is 2. The lowest BCUT2D eigenvalue weighted by Crippen LogP contribution is -2.36. The van der Waals surface area contributed by atoms with E-state index in [2.05, 4.69) is 15.1 Å². The largest absolute Gasteiger partial charge is 0.383 e. The number of methoxy groups -OCH3 is 1. The third kappa shape index (κ3) is 3.38. The fourth-order valence-corrected chi connectivity index (χ4v) is 3.96. The molecule has 1 aromatic heterocycles. The van der Waals surface area contributed by atoms with Gasteiger partial charge in [0, 0.05) is 33.3 Å². The first-order valence-electron chi connectivity index (χ1n) is 6.77. The van der Waals surface area contributed by atoms with E-state index in [9.17, 15) is 8.42 Å². The molecule has 0 radical (unpaired) electrons. The van der Waals surface area contributed by atoms with Crippen molar-refractivity contribution >= 4 is 10.0 Å². The normalized spacial score (nSPS) is 19.1. The number of H-pyrrole nitrogens is 1. The standard InChI is InChI=1S/C12H22N4O3S/c1-11-12(10-13-14-11)20(17,18)16-5-3-4-15(6-7-16)8-9-19-2/h10H,3-9H2,1-2H3,(H,13,14). The first-order valence-corrected chi connectivity index (χ1v) is 8.21. The summed E-state index contributed by atoms with van der Waals surface area (Å²) in [7, 11) is -1.76. The zero-order valence-electron chi connectivity index (χ0n) is 12.0. The summed E-state index contributed by atoms with van der Waals surface area (Å²) in [6.45, 7) is 5.94. The average Bonchev–Trinajstić information content (AvgIpc) is 2.72. The Morgan fingerprint density at radius 1 is 1.35 bits per heavy atom. The second kappa shape index (κ2) is 6.66. The summed E-state index contributed by atoms with van der Waals surface area (Å²) in [5.74, 6) is 0. The van der Waals surface area contributed by atoms with Crippen LogP contribution in [0.5, 0.6) is 0 Å². The first-order chi connectivity index (χ1) is 9.55. The van der Waals surface area contributed by atoms with Crippen molar-refractivity contribution in [3.8, 4) is 0 Å². The lowest BCUT2D eigenvalue weighted by molar-refractivity contribution is 0.151. The summed E-state index contributed by atoms with van der Waals surface area (Å²) in [4.78, 5) is 2.52. The van der Waals surface area contributed by atoms with E-state index in [0.29, 0.717) is 25.4 Å². The van der Waals surface area contributed by atoms with Gasteiger partial charge in [-0.3, -0.25) is 10.00 Å². The highest BCUT2D eigenvalue weighted by Gasteiger charge is 2.28. The van der Waals surface area contributed by atoms with Crippen LogP contribution in [-0.4, -0.2) is 74.3 Å². The minimum Gasteiger partial charge on any atom is -0.383 e. The van der Waals surface area contributed by atoms with Gasteiger partial charge < -0.3 is 4.74 Å². The summed E-state index contributed by atoms with van der Waals surface area (Å²) < 4.78 is 31.8. The van der Waals surface area contributed by atoms with E-state index >= 15 is 0 Å². The molecule has 0 saturated carbocycles. The van der Waals surface area contributed by atoms with E-state index in [-0.39, 0.29) is 4.90 Å². The van der Waals surface area contributed by atoms with Crippen LogP contribution in [0.15, 0.2) is 11.1 Å². The van der Waals surface area contributed by atoms with Crippen LogP contribution in [0.2, 0.25) is 0 Å². The number of aryl methyl sites for hydroxylation is 1. The summed E-state index contributed by atoms with van der Waals surface area (Å²) in [5, 5.41) is 6.49. The molecule has 0 atom stereocenters. The second-order valence-electron chi connectivity index (χ2n) is 4.95. The second-order valence-corrected chi connectivity index (χ2v) is 6.86. The van der Waals surface area contributed by atoms with Gasteiger partial charge in [-0.05, 0) is 19.9 Å². The van der Waals surface area contributed by atoms with Gasteiger partial charge in [-0.1, -0.05) is 0 Å². The SMILES string of the molecule is COCCN1CCCN(S(=O)(=O)c2cn[nH]c2C)CC1. The zero-order valence-corrected chi connectivity index (χ0v) is 12.8. The molecule has 1 N–H and O–H groups in total. The molecule has 0 aliphatic carbocycles. The molecule has 0 amide bonds. The Labute approximate surface area is 120 Å². The van der Waals surface area contributed by atoms with Gasteiger partial charge in [0.25, 0.3) is 0 Å². The quantitative estimate of drug-likeness (QED) is 0.832. The van der Waals surface area contributed by atoms with Crippen molar-refractivity contribution in [1.82, 2.24) is 19.4 Å². The van der Waals surface area contributed by atoms with E-state index in [1.165, 1.54) is 6.20 Å². The molecule has 1 fully saturated rings. The summed E-state index contributed by atoms with van der Waals surface area (Å²) in [5.41, 5.74) is 0.588. The van der Waals surface area contributed by atoms with Crippen LogP contribution in [-0.2, 0) is 14.8 Å². The van der Waals surface area contributed by atoms with Crippen molar-refractivity contribution in [1.29, 1.82) is 0 Å². The van der Waals surface area contributed by atoms with E-state index in [0.717, 1.165) is 26.1 Å². The molecule has 0 aromatic carbocycles. The highest BCUT2D eigenvalue weighted by atomic mass is 32.2. The fraction of sp³-hybridized carbons (Fsp3) is 0.750. The van der Waals surface area contributed by atoms with Gasteiger partial charge in [-0.15, -0.1) is 0 Å². The van der Waals surface area contributed by atoms with Crippen LogP contribution in [0, 0.1) is 6.92 Å². The molecule has 7 nitrogen and oxygen atoms in total. The Balaban J connectivity index is 2.05. The highest BCUT2D eigenvalue weighted by Crippen LogP contribution is 2.19. The van der Waals surface area contributed by atoms with Crippen LogP contribution in [0.25, 0.3) is 0 Å². The molecule has 114 valence electrons. The van der Waals surface area contributed by atoms with Gasteiger partial charge in [0.2, 0.25) is 10.0 Å². The maximum atomic E-state index is 12.6. The molecule has 0 bridgehead atoms. The Hall–Kier alpha value is -0.960. The van der Waals surface area contributed by atoms with Crippen molar-refractivity contribution in [2.45, 2.75) is 18.2 Å². The Bertz CT molecular complexity index is 529. The van der Waals surface area contributed by atoms with Crippen LogP contribution in [0.4, 0.5) is 0 Å². The maximum Gasteiger partial charge on any atom is 0.246 e. The molecule has 0 unspecified atom stereocenters. The summed E-state index contributed by atoms with van der Waals surface area (Å²) >= 11 is 0. The Kier molecular flexibility index (Phi) is 5.14. The van der Waals surface area contributed by atoms with E-state index in [1.54, 1.807) is 18.3 Å². The molecular formula is C12H22N4O3S. The number of nitrogens with one attached hydrogen (secondary N) is 1. The van der Waals surface area contributed by atoms with E-state index in [1.807, 2.05) is 0 Å². The fourth-order valence-electron chi connectivity index (χ4n) is 2.37. The topological polar surface area (TPSA) is 78.5 Å². The third-order valence-corrected chi connectivity index (χ3v) is 5.57. The number of hydrogen-bond acceptors (Lipinski definition) is 5. The Morgan fingerprint density at radius 2 is 2.15 bits per heavy atom. The number of rotatable bonds is 5. The predicted molar refractivity (Wildman–Crippen MR) is 75.0 cm³/mol. The molecular weight excluding hydrogens is 280 g/mol. The lowest BCUT2D eigenvalue weighted by Gasteiger charge is -2.21. The zero-order chi connectivity index (χ0) is 14.6. The average molecular weight is 302 g/mol. The lowest BCUT2D eigenvalue weighted by atomic mass is 10.4. The number of sulfonamides is 1. The van der Waals surface area contributed by atoms with E-state index < -0.39 is 10.0 Å². The number of hydrogen-bond donors (Lipinski definition) is 1. The maximum absolute atomic E-state index is 12.6. The third-order valence-electron chi connectivity index (χ3n) is 3.56. The number of nitrogens with zero attached hydrogens (tertiary/aromatic N) is 3. The van der Waals surface area contributed by atoms with Crippen LogP contribution >= 0.6 is 0 Å². The molecule has 8 heteroatoms. The summed E-state index contributed by atoms with van der Waals surface area (Å²) in [6, 6.07) is 0. The molecule has 1 aliphatic rings. The molecule has 1 aliphatic heterocycles. The smallest absolute Gasteiger partial charge is 0.246 e. The highest BCUT2D eigenvalue weighted by molar-refractivity contribution is 7.89. The van der Waals surface area contributed by atoms with Gasteiger partial charge in [0.05, 0.1) is 18.5 Å². The molecule has 1 aromatic rings. The molecule has 1 saturated heterocycles. The minimum absolute atomic E-state index is 0.280. The van der Waals surface area contributed by atoms with Crippen LogP contribution < -0.4 is 0 Å². The Morgan fingerprint density at radius 3 is 2.80 bits per heavy atom. The summed E-state index contributed by atoms with van der Waals surface area (Å²) in [6.07, 6.45) is 2.22. The van der Waals surface area contributed by atoms with Crippen molar-refractivity contribution in [2.24, 2.45) is 0 Å². The number of aromatic amines is 1. The van der Waals surface area contributed by atoms with Crippen LogP contribution in [0.3, 0.4) is 0 Å². The van der Waals surface area contributed by atoms with Crippen molar-refractivity contribution in [3.05, 3.63) is 11.9 Å². The number of ether oxygens (including phenoxy) is 1. The molecule has 0 spiro atoms. The van der Waals surface area contributed by atoms with Crippen molar-refractivity contribution < 1.29 is 13.2 Å². The minimum atomic E-state index is -3.43. The van der Waals surface area contributed by atoms with Gasteiger partial charge in [0.15, 0.2) is 0 Å². The van der Waals surface area contributed by atoms with E-state index in [4.69, 9.17) is 4.74 Å². The van der Waals surface area contributed by atoms with Gasteiger partial charge in [-0.25, -0.2) is 8.42 Å². The van der Waals surface area contributed by atoms with Crippen molar-refractivity contribution in [3.63, 3.8) is 0 Å². The molecule has 20 heavy (non-hydrogen) atoms. The molecule has 2 heterocycles. The molecule has 2 rings (SSSR count). The van der Waals surface area contributed by atoms with Crippen molar-refractivity contribution in [2.75, 3.05) is 46.4 Å². The van der Waals surface area contributed by atoms with Crippen LogP contribution in [0.1, 0.15) is 12.1 Å². The monoisotopic (exact) mass is 302 g/mol. The van der Waals surface area contributed by atoms with Gasteiger partial charge in [0.1, 0.15) is 4.90 Å². The van der Waals surface area contributed by atoms with Gasteiger partial charge in [-0.2, -0.15) is 9.40 Å².